The van der Waals surface area contributed by atoms with Gasteiger partial charge in [0.15, 0.2) is 12.3 Å². The molecule has 0 aliphatic carbocycles. The van der Waals surface area contributed by atoms with E-state index in [4.69, 9.17) is 4.74 Å². The summed E-state index contributed by atoms with van der Waals surface area (Å²) in [7, 11) is 1.66. The van der Waals surface area contributed by atoms with E-state index in [2.05, 4.69) is 87.6 Å². The van der Waals surface area contributed by atoms with Crippen LogP contribution in [0, 0.1) is 30.1 Å². The fourth-order valence-corrected chi connectivity index (χ4v) is 9.67. The highest BCUT2D eigenvalue weighted by Crippen LogP contribution is 2.55. The molecule has 2 aliphatic heterocycles. The summed E-state index contributed by atoms with van der Waals surface area (Å²) in [6.45, 7) is 20.0. The minimum absolute atomic E-state index is 0.0340. The summed E-state index contributed by atoms with van der Waals surface area (Å²) in [4.78, 5) is 26.2. The number of hydrogen-bond donors (Lipinski definition) is 2. The van der Waals surface area contributed by atoms with Crippen molar-refractivity contribution in [3.63, 3.8) is 0 Å². The zero-order valence-electron chi connectivity index (χ0n) is 35.9. The van der Waals surface area contributed by atoms with Crippen molar-refractivity contribution >= 4 is 29.0 Å². The summed E-state index contributed by atoms with van der Waals surface area (Å²) >= 11 is 0. The largest absolute Gasteiger partial charge is 0.497 e. The lowest BCUT2D eigenvalue weighted by Gasteiger charge is -2.36. The summed E-state index contributed by atoms with van der Waals surface area (Å²) < 4.78 is 7.89. The molecule has 58 heavy (non-hydrogen) atoms. The second kappa shape index (κ2) is 21.0. The van der Waals surface area contributed by atoms with Crippen molar-refractivity contribution in [1.29, 1.82) is 5.26 Å². The molecule has 0 radical (unpaired) electrons. The van der Waals surface area contributed by atoms with Gasteiger partial charge >= 0.3 is 11.9 Å². The molecule has 2 aromatic rings. The van der Waals surface area contributed by atoms with Gasteiger partial charge in [0.2, 0.25) is 5.69 Å². The van der Waals surface area contributed by atoms with E-state index >= 15 is 0 Å². The zero-order chi connectivity index (χ0) is 42.5. The Kier molecular flexibility index (Phi) is 16.5. The summed E-state index contributed by atoms with van der Waals surface area (Å²) in [5, 5.41) is 30.5. The minimum atomic E-state index is -0.881. The van der Waals surface area contributed by atoms with E-state index in [-0.39, 0.29) is 19.4 Å². The van der Waals surface area contributed by atoms with Gasteiger partial charge in [0, 0.05) is 41.1 Å². The van der Waals surface area contributed by atoms with Crippen molar-refractivity contribution in [1.82, 2.24) is 0 Å². The second-order valence-electron chi connectivity index (χ2n) is 16.2. The Morgan fingerprint density at radius 1 is 0.914 bits per heavy atom. The molecule has 0 saturated heterocycles. The van der Waals surface area contributed by atoms with E-state index in [9.17, 15) is 25.1 Å². The average Bonchev–Trinajstić information content (AvgIpc) is 3.59. The van der Waals surface area contributed by atoms with E-state index in [1.54, 1.807) is 7.11 Å². The molecule has 0 saturated carbocycles. The topological polar surface area (TPSA) is 114 Å². The van der Waals surface area contributed by atoms with E-state index in [0.717, 1.165) is 91.0 Å². The quantitative estimate of drug-likeness (QED) is 0.0471. The summed E-state index contributed by atoms with van der Waals surface area (Å²) in [5.74, 6) is -0.169. The Morgan fingerprint density at radius 2 is 1.55 bits per heavy atom. The number of rotatable bonds is 24. The first-order valence-corrected chi connectivity index (χ1v) is 21.3. The molecule has 2 aliphatic rings. The van der Waals surface area contributed by atoms with Gasteiger partial charge < -0.3 is 19.8 Å². The number of nitriles is 1. The second-order valence-corrected chi connectivity index (χ2v) is 16.2. The lowest BCUT2D eigenvalue weighted by molar-refractivity contribution is -0.436. The smallest absolute Gasteiger partial charge is 0.309 e. The molecule has 2 N–H and O–H groups in total. The van der Waals surface area contributed by atoms with Crippen molar-refractivity contribution in [2.45, 2.75) is 122 Å². The van der Waals surface area contributed by atoms with Crippen LogP contribution in [0.4, 0.5) is 11.4 Å². The molecule has 0 fully saturated rings. The number of fused-ring (bicyclic) bond motifs is 2. The standard InChI is InChI=1S/C50H65N3O5/c1-9-15-37(13-5)33-49(27-11-3)41-31-36(7)17-21-43(41)52(29-25-47(54)55)45(49)23-18-39(35-51)19-24-46-50(28-12-4,34-38(14-6)16-10-2)42-32-40(58-8)20-22-44(42)53(46)30-26-48(56)57/h11-12,17-24,31-32,37-38H,3-4,9-10,13-16,25-30,33-34H2,1-2,5-8H3,(H-,54,55,56,57)/p+1. The predicted octanol–water partition coefficient (Wildman–Crippen LogP) is 11.5. The number of ether oxygens (including phenoxy) is 1. The molecule has 2 heterocycles. The van der Waals surface area contributed by atoms with Gasteiger partial charge in [-0.15, -0.1) is 13.2 Å². The lowest BCUT2D eigenvalue weighted by Crippen LogP contribution is -2.36. The van der Waals surface area contributed by atoms with Gasteiger partial charge in [-0.05, 0) is 92.5 Å². The number of carbonyl (C=O) groups is 2. The van der Waals surface area contributed by atoms with Crippen LogP contribution in [0.2, 0.25) is 0 Å². The lowest BCUT2D eigenvalue weighted by atomic mass is 9.67. The Hall–Kier alpha value is -5.16. The van der Waals surface area contributed by atoms with Crippen LogP contribution in [-0.4, -0.2) is 52.6 Å². The van der Waals surface area contributed by atoms with Gasteiger partial charge in [-0.3, -0.25) is 9.59 Å². The highest BCUT2D eigenvalue weighted by atomic mass is 16.5. The van der Waals surface area contributed by atoms with Crippen LogP contribution < -0.4 is 9.64 Å². The average molecular weight is 789 g/mol. The van der Waals surface area contributed by atoms with Crippen molar-refractivity contribution < 1.29 is 29.1 Å². The highest BCUT2D eigenvalue weighted by molar-refractivity contribution is 6.04. The van der Waals surface area contributed by atoms with Crippen LogP contribution in [0.15, 0.2) is 97.3 Å². The van der Waals surface area contributed by atoms with E-state index in [1.165, 1.54) is 5.56 Å². The number of nitrogens with zero attached hydrogens (tertiary/aromatic N) is 3. The van der Waals surface area contributed by atoms with Crippen molar-refractivity contribution in [2.75, 3.05) is 25.1 Å². The van der Waals surface area contributed by atoms with Crippen LogP contribution in [-0.2, 0) is 20.4 Å². The van der Waals surface area contributed by atoms with Crippen molar-refractivity contribution in [3.8, 4) is 11.8 Å². The third-order valence-electron chi connectivity index (χ3n) is 12.4. The van der Waals surface area contributed by atoms with E-state index in [0.29, 0.717) is 36.8 Å². The molecule has 8 heteroatoms. The molecule has 0 aromatic heterocycles. The highest BCUT2D eigenvalue weighted by Gasteiger charge is 2.51. The molecule has 0 spiro atoms. The van der Waals surface area contributed by atoms with Crippen LogP contribution in [0.25, 0.3) is 0 Å². The SMILES string of the molecule is C=CCC1(CC(CC)CCC)C(/C=C/C(C#N)=C/C=C2/N(CCC(=O)O)c3ccc(OC)cc3C2(CC=C)CC(CC)CCC)=[N+](CCC(=O)O)c2ccc(C)cc21. The van der Waals surface area contributed by atoms with Gasteiger partial charge in [0.25, 0.3) is 0 Å². The third-order valence-corrected chi connectivity index (χ3v) is 12.4. The first kappa shape index (κ1) is 45.5. The fraction of sp³-hybridized carbons (Fsp3) is 0.480. The number of hydrogen-bond acceptors (Lipinski definition) is 5. The number of benzene rings is 2. The van der Waals surface area contributed by atoms with Crippen molar-refractivity contribution in [3.05, 3.63) is 114 Å². The number of methoxy groups -OCH3 is 1. The Morgan fingerprint density at radius 3 is 2.12 bits per heavy atom. The molecule has 0 bridgehead atoms. The van der Waals surface area contributed by atoms with Gasteiger partial charge in [-0.1, -0.05) is 90.0 Å². The Balaban J connectivity index is 1.99. The monoisotopic (exact) mass is 788 g/mol. The molecular formula is C50H66N3O5+. The van der Waals surface area contributed by atoms with Crippen LogP contribution in [0.3, 0.4) is 0 Å². The minimum Gasteiger partial charge on any atom is -0.497 e. The van der Waals surface area contributed by atoms with Crippen molar-refractivity contribution in [2.24, 2.45) is 11.8 Å². The molecular weight excluding hydrogens is 723 g/mol. The van der Waals surface area contributed by atoms with E-state index < -0.39 is 22.8 Å². The molecule has 0 amide bonds. The number of aryl methyl sites for hydroxylation is 1. The fourth-order valence-electron chi connectivity index (χ4n) is 9.67. The van der Waals surface area contributed by atoms with Gasteiger partial charge in [-0.2, -0.15) is 9.84 Å². The Bertz CT molecular complexity index is 1980. The number of carboxylic acids is 2. The maximum absolute atomic E-state index is 12.0. The summed E-state index contributed by atoms with van der Waals surface area (Å²) in [6.07, 6.45) is 20.9. The first-order valence-electron chi connectivity index (χ1n) is 21.3. The number of carboxylic acid groups (broad SMARTS) is 2. The Labute approximate surface area is 347 Å². The number of allylic oxidation sites excluding steroid dienone is 8. The summed E-state index contributed by atoms with van der Waals surface area (Å²) in [5.41, 5.74) is 6.71. The van der Waals surface area contributed by atoms with Gasteiger partial charge in [0.1, 0.15) is 12.2 Å². The zero-order valence-corrected chi connectivity index (χ0v) is 35.9. The third kappa shape index (κ3) is 9.92. The molecule has 8 nitrogen and oxygen atoms in total. The molecule has 310 valence electrons. The van der Waals surface area contributed by atoms with Crippen LogP contribution >= 0.6 is 0 Å². The molecule has 4 unspecified atom stereocenters. The van der Waals surface area contributed by atoms with Crippen LogP contribution in [0.5, 0.6) is 5.75 Å². The summed E-state index contributed by atoms with van der Waals surface area (Å²) in [6, 6.07) is 14.9. The maximum atomic E-state index is 12.0. The predicted molar refractivity (Wildman–Crippen MR) is 236 cm³/mol. The number of aliphatic carboxylic acids is 2. The molecule has 4 rings (SSSR count). The van der Waals surface area contributed by atoms with Gasteiger partial charge in [-0.25, -0.2) is 0 Å². The maximum Gasteiger partial charge on any atom is 0.309 e. The normalized spacial score (nSPS) is 20.5. The first-order chi connectivity index (χ1) is 27.9. The van der Waals surface area contributed by atoms with Crippen LogP contribution in [0.1, 0.15) is 121 Å². The van der Waals surface area contributed by atoms with Gasteiger partial charge in [0.05, 0.1) is 30.6 Å². The van der Waals surface area contributed by atoms with E-state index in [1.807, 2.05) is 48.6 Å². The molecule has 2 aromatic carbocycles. The number of anilines is 1. The molecule has 4 atom stereocenters.